The molecule has 8 nitrogen and oxygen atoms in total. The molecular weight excluding hydrogens is 310 g/mol. The van der Waals surface area contributed by atoms with Crippen molar-refractivity contribution in [3.05, 3.63) is 22.7 Å². The number of nitrogens with one attached hydrogen (secondary N) is 1. The van der Waals surface area contributed by atoms with Crippen LogP contribution in [0.5, 0.6) is 0 Å². The lowest BCUT2D eigenvalue weighted by Gasteiger charge is -2.15. The predicted molar refractivity (Wildman–Crippen MR) is 80.7 cm³/mol. The smallest absolute Gasteiger partial charge is 0.351 e. The molecule has 2 heterocycles. The molecule has 0 radical (unpaired) electrons. The van der Waals surface area contributed by atoms with E-state index in [0.29, 0.717) is 12.2 Å². The zero-order chi connectivity index (χ0) is 16.3. The van der Waals surface area contributed by atoms with E-state index < -0.39 is 24.0 Å². The zero-order valence-electron chi connectivity index (χ0n) is 12.2. The summed E-state index contributed by atoms with van der Waals surface area (Å²) in [6.45, 7) is 2.65. The third-order valence-electron chi connectivity index (χ3n) is 3.12. The van der Waals surface area contributed by atoms with Crippen LogP contribution in [0, 0.1) is 0 Å². The monoisotopic (exact) mass is 327 g/mol. The summed E-state index contributed by atoms with van der Waals surface area (Å²) in [5, 5.41) is 2.43. The highest BCUT2D eigenvalue weighted by Gasteiger charge is 2.38. The first-order valence-electron chi connectivity index (χ1n) is 6.71. The Labute approximate surface area is 132 Å². The lowest BCUT2D eigenvalue weighted by atomic mass is 10.2. The molecule has 0 aliphatic carbocycles. The summed E-state index contributed by atoms with van der Waals surface area (Å²) in [6.07, 6.45) is 0.386. The summed E-state index contributed by atoms with van der Waals surface area (Å²) < 4.78 is 12.2. The molecule has 1 aromatic rings. The molecule has 0 saturated carbocycles. The van der Waals surface area contributed by atoms with Crippen molar-refractivity contribution in [1.29, 1.82) is 0 Å². The van der Waals surface area contributed by atoms with Crippen molar-refractivity contribution in [3.8, 4) is 0 Å². The lowest BCUT2D eigenvalue weighted by molar-refractivity contribution is -0.148. The quantitative estimate of drug-likeness (QED) is 0.611. The van der Waals surface area contributed by atoms with Gasteiger partial charge in [0.05, 0.1) is 0 Å². The molecule has 1 saturated heterocycles. The first-order chi connectivity index (χ1) is 10.4. The number of thiol groups is 1. The molecule has 2 rings (SSSR count). The van der Waals surface area contributed by atoms with Crippen LogP contribution in [0.1, 0.15) is 26.5 Å². The van der Waals surface area contributed by atoms with Crippen LogP contribution >= 0.6 is 12.6 Å². The van der Waals surface area contributed by atoms with Crippen molar-refractivity contribution in [3.63, 3.8) is 0 Å². The molecule has 1 aromatic heterocycles. The van der Waals surface area contributed by atoms with Crippen LogP contribution in [0.15, 0.2) is 17.1 Å². The van der Waals surface area contributed by atoms with Crippen LogP contribution in [0.2, 0.25) is 0 Å². The first kappa shape index (κ1) is 16.5. The number of carbonyl (C=O) groups is 2. The Hall–Kier alpha value is -1.87. The number of carbonyl (C=O) groups excluding carboxylic acids is 2. The Morgan fingerprint density at radius 1 is 1.55 bits per heavy atom. The van der Waals surface area contributed by atoms with Crippen LogP contribution in [0.4, 0.5) is 5.82 Å². The van der Waals surface area contributed by atoms with Gasteiger partial charge in [-0.2, -0.15) is 17.6 Å². The second-order valence-corrected chi connectivity index (χ2v) is 5.24. The fraction of sp³-hybridized carbons (Fsp3) is 0.538. The minimum atomic E-state index is -0.590. The van der Waals surface area contributed by atoms with Gasteiger partial charge < -0.3 is 14.8 Å². The van der Waals surface area contributed by atoms with Gasteiger partial charge in [0.15, 0.2) is 0 Å². The summed E-state index contributed by atoms with van der Waals surface area (Å²) in [5.41, 5.74) is -0.558. The topological polar surface area (TPSA) is 99.5 Å². The van der Waals surface area contributed by atoms with Gasteiger partial charge in [-0.15, -0.1) is 0 Å². The fourth-order valence-electron chi connectivity index (χ4n) is 2.25. The highest BCUT2D eigenvalue weighted by atomic mass is 32.1. The number of anilines is 1. The van der Waals surface area contributed by atoms with Gasteiger partial charge in [0, 0.05) is 32.2 Å². The van der Waals surface area contributed by atoms with Gasteiger partial charge in [-0.25, -0.2) is 4.79 Å². The number of aromatic nitrogens is 2. The van der Waals surface area contributed by atoms with Crippen molar-refractivity contribution in [2.45, 2.75) is 38.7 Å². The van der Waals surface area contributed by atoms with E-state index in [1.54, 1.807) is 0 Å². The Balaban J connectivity index is 2.17. The summed E-state index contributed by atoms with van der Waals surface area (Å²) >= 11 is 4.16. The van der Waals surface area contributed by atoms with Crippen molar-refractivity contribution >= 4 is 30.3 Å². The maximum atomic E-state index is 12.0. The molecule has 1 fully saturated rings. The van der Waals surface area contributed by atoms with Crippen LogP contribution in [-0.2, 0) is 19.1 Å². The third-order valence-corrected chi connectivity index (χ3v) is 3.48. The van der Waals surface area contributed by atoms with Crippen molar-refractivity contribution in [2.24, 2.45) is 0 Å². The number of amides is 1. The second kappa shape index (κ2) is 6.93. The van der Waals surface area contributed by atoms with E-state index >= 15 is 0 Å². The summed E-state index contributed by atoms with van der Waals surface area (Å²) in [7, 11) is 0. The van der Waals surface area contributed by atoms with Gasteiger partial charge in [-0.3, -0.25) is 14.2 Å². The normalized spacial score (nSPS) is 24.0. The summed E-state index contributed by atoms with van der Waals surface area (Å²) in [4.78, 5) is 37.8. The Kier molecular flexibility index (Phi) is 5.19. The standard InChI is InChI=1S/C13H17N3O5S/c1-7(17)14-11-3-4-16(13(19)15-11)12-5-9(20-8(2)18)10(6-22)21-12/h3-4,9-10,12,22H,5-6H2,1-2H3,(H,14,15,17,19). The minimum Gasteiger partial charge on any atom is -0.460 e. The molecule has 22 heavy (non-hydrogen) atoms. The molecule has 3 unspecified atom stereocenters. The number of rotatable bonds is 4. The van der Waals surface area contributed by atoms with Gasteiger partial charge in [0.25, 0.3) is 0 Å². The highest BCUT2D eigenvalue weighted by Crippen LogP contribution is 2.30. The summed E-state index contributed by atoms with van der Waals surface area (Å²) in [5.74, 6) is -0.186. The van der Waals surface area contributed by atoms with Gasteiger partial charge in [-0.05, 0) is 6.07 Å². The largest absolute Gasteiger partial charge is 0.460 e. The van der Waals surface area contributed by atoms with Gasteiger partial charge in [0.2, 0.25) is 5.91 Å². The van der Waals surface area contributed by atoms with E-state index in [1.165, 1.54) is 30.7 Å². The molecule has 3 atom stereocenters. The van der Waals surface area contributed by atoms with E-state index in [0.717, 1.165) is 0 Å². The zero-order valence-corrected chi connectivity index (χ0v) is 13.1. The maximum absolute atomic E-state index is 12.0. The minimum absolute atomic E-state index is 0.175. The number of ether oxygens (including phenoxy) is 2. The maximum Gasteiger partial charge on any atom is 0.351 e. The van der Waals surface area contributed by atoms with Crippen molar-refractivity contribution in [1.82, 2.24) is 9.55 Å². The van der Waals surface area contributed by atoms with Crippen molar-refractivity contribution in [2.75, 3.05) is 11.1 Å². The molecule has 1 amide bonds. The van der Waals surface area contributed by atoms with Crippen molar-refractivity contribution < 1.29 is 19.1 Å². The number of nitrogens with zero attached hydrogens (tertiary/aromatic N) is 2. The molecule has 0 aromatic carbocycles. The molecule has 0 spiro atoms. The molecule has 120 valence electrons. The van der Waals surface area contributed by atoms with E-state index in [4.69, 9.17) is 9.47 Å². The first-order valence-corrected chi connectivity index (χ1v) is 7.34. The fourth-order valence-corrected chi connectivity index (χ4v) is 2.58. The summed E-state index contributed by atoms with van der Waals surface area (Å²) in [6, 6.07) is 1.50. The van der Waals surface area contributed by atoms with Crippen LogP contribution in [0.3, 0.4) is 0 Å². The average molecular weight is 327 g/mol. The number of esters is 1. The molecular formula is C13H17N3O5S. The number of hydrogen-bond acceptors (Lipinski definition) is 7. The van der Waals surface area contributed by atoms with Crippen LogP contribution in [-0.4, -0.2) is 39.4 Å². The highest BCUT2D eigenvalue weighted by molar-refractivity contribution is 7.80. The molecule has 1 aliphatic heterocycles. The molecule has 0 bridgehead atoms. The van der Waals surface area contributed by atoms with Gasteiger partial charge in [0.1, 0.15) is 24.3 Å². The SMILES string of the molecule is CC(=O)Nc1ccn(C2CC(OC(C)=O)C(CS)O2)c(=O)n1. The van der Waals surface area contributed by atoms with E-state index in [-0.39, 0.29) is 17.8 Å². The second-order valence-electron chi connectivity index (χ2n) is 4.88. The van der Waals surface area contributed by atoms with Gasteiger partial charge >= 0.3 is 11.7 Å². The Morgan fingerprint density at radius 3 is 2.82 bits per heavy atom. The number of hydrogen-bond donors (Lipinski definition) is 2. The van der Waals surface area contributed by atoms with E-state index in [9.17, 15) is 14.4 Å². The van der Waals surface area contributed by atoms with Crippen LogP contribution < -0.4 is 11.0 Å². The molecule has 1 aliphatic rings. The molecule has 9 heteroatoms. The van der Waals surface area contributed by atoms with E-state index in [2.05, 4.69) is 22.9 Å². The Bertz CT molecular complexity index is 632. The van der Waals surface area contributed by atoms with Crippen LogP contribution in [0.25, 0.3) is 0 Å². The predicted octanol–water partition coefficient (Wildman–Crippen LogP) is 0.351. The third kappa shape index (κ3) is 3.86. The van der Waals surface area contributed by atoms with Gasteiger partial charge in [-0.1, -0.05) is 0 Å². The Morgan fingerprint density at radius 2 is 2.27 bits per heavy atom. The lowest BCUT2D eigenvalue weighted by Crippen LogP contribution is -2.28. The molecule has 1 N–H and O–H groups in total. The van der Waals surface area contributed by atoms with E-state index in [1.807, 2.05) is 0 Å². The average Bonchev–Trinajstić information content (AvgIpc) is 2.80.